The molecule has 0 radical (unpaired) electrons. The van der Waals surface area contributed by atoms with Crippen LogP contribution in [-0.2, 0) is 11.2 Å². The second-order valence-corrected chi connectivity index (χ2v) is 6.59. The fraction of sp³-hybridized carbons (Fsp3) is 0.333. The maximum atomic E-state index is 13.0. The SMILES string of the molecule is CC(=O)C[C@@H]1c2ccccc2CC[C@H]1C(=O)c1ccc(C)cc1. The van der Waals surface area contributed by atoms with Gasteiger partial charge in [-0.25, -0.2) is 0 Å². The third-order valence-corrected chi connectivity index (χ3v) is 4.85. The summed E-state index contributed by atoms with van der Waals surface area (Å²) in [6.45, 7) is 3.63. The highest BCUT2D eigenvalue weighted by Gasteiger charge is 2.35. The molecular weight excluding hydrogens is 284 g/mol. The lowest BCUT2D eigenvalue weighted by Crippen LogP contribution is -2.29. The smallest absolute Gasteiger partial charge is 0.166 e. The summed E-state index contributed by atoms with van der Waals surface area (Å²) in [5, 5.41) is 0. The van der Waals surface area contributed by atoms with Crippen molar-refractivity contribution in [1.29, 1.82) is 0 Å². The van der Waals surface area contributed by atoms with E-state index in [-0.39, 0.29) is 23.4 Å². The Kier molecular flexibility index (Phi) is 4.42. The summed E-state index contributed by atoms with van der Waals surface area (Å²) in [5.41, 5.74) is 4.37. The molecule has 0 saturated heterocycles. The predicted molar refractivity (Wildman–Crippen MR) is 91.8 cm³/mol. The standard InChI is InChI=1S/C21H22O2/c1-14-7-9-17(10-8-14)21(23)19-12-11-16-5-3-4-6-18(16)20(19)13-15(2)22/h3-10,19-20H,11-13H2,1-2H3/t19-,20-/m1/s1. The Morgan fingerprint density at radius 1 is 1.04 bits per heavy atom. The minimum absolute atomic E-state index is 0.00579. The molecular formula is C21H22O2. The molecule has 0 saturated carbocycles. The summed E-state index contributed by atoms with van der Waals surface area (Å²) in [4.78, 5) is 24.8. The monoisotopic (exact) mass is 306 g/mol. The molecule has 1 aliphatic carbocycles. The minimum Gasteiger partial charge on any atom is -0.300 e. The van der Waals surface area contributed by atoms with Crippen LogP contribution in [0.25, 0.3) is 0 Å². The van der Waals surface area contributed by atoms with E-state index in [1.807, 2.05) is 43.3 Å². The molecule has 0 fully saturated rings. The first-order valence-electron chi connectivity index (χ1n) is 8.24. The van der Waals surface area contributed by atoms with E-state index >= 15 is 0 Å². The van der Waals surface area contributed by atoms with Gasteiger partial charge in [0, 0.05) is 23.8 Å². The molecule has 0 heterocycles. The molecule has 2 nitrogen and oxygen atoms in total. The van der Waals surface area contributed by atoms with Crippen LogP contribution in [0, 0.1) is 12.8 Å². The largest absolute Gasteiger partial charge is 0.300 e. The lowest BCUT2D eigenvalue weighted by molar-refractivity contribution is -0.117. The number of hydrogen-bond acceptors (Lipinski definition) is 2. The van der Waals surface area contributed by atoms with E-state index in [0.717, 1.165) is 24.0 Å². The number of hydrogen-bond donors (Lipinski definition) is 0. The summed E-state index contributed by atoms with van der Waals surface area (Å²) in [7, 11) is 0. The lowest BCUT2D eigenvalue weighted by atomic mass is 9.70. The first-order valence-corrected chi connectivity index (χ1v) is 8.24. The van der Waals surface area contributed by atoms with Gasteiger partial charge in [-0.1, -0.05) is 54.1 Å². The van der Waals surface area contributed by atoms with Crippen molar-refractivity contribution in [3.8, 4) is 0 Å². The number of carbonyl (C=O) groups excluding carboxylic acids is 2. The Bertz CT molecular complexity index is 728. The van der Waals surface area contributed by atoms with Gasteiger partial charge in [-0.3, -0.25) is 4.79 Å². The highest BCUT2D eigenvalue weighted by molar-refractivity contribution is 5.99. The van der Waals surface area contributed by atoms with Gasteiger partial charge in [0.25, 0.3) is 0 Å². The highest BCUT2D eigenvalue weighted by atomic mass is 16.1. The van der Waals surface area contributed by atoms with Gasteiger partial charge >= 0.3 is 0 Å². The van der Waals surface area contributed by atoms with E-state index < -0.39 is 0 Å². The summed E-state index contributed by atoms with van der Waals surface area (Å²) in [5.74, 6) is 0.224. The van der Waals surface area contributed by atoms with Crippen molar-refractivity contribution in [1.82, 2.24) is 0 Å². The fourth-order valence-electron chi connectivity index (χ4n) is 3.66. The molecule has 0 aliphatic heterocycles. The molecule has 0 bridgehead atoms. The Hall–Kier alpha value is -2.22. The zero-order chi connectivity index (χ0) is 16.4. The molecule has 23 heavy (non-hydrogen) atoms. The molecule has 0 aromatic heterocycles. The van der Waals surface area contributed by atoms with Crippen LogP contribution < -0.4 is 0 Å². The molecule has 2 atom stereocenters. The van der Waals surface area contributed by atoms with Gasteiger partial charge < -0.3 is 4.79 Å². The molecule has 0 spiro atoms. The average molecular weight is 306 g/mol. The van der Waals surface area contributed by atoms with Gasteiger partial charge in [0.05, 0.1) is 0 Å². The van der Waals surface area contributed by atoms with Crippen molar-refractivity contribution in [2.75, 3.05) is 0 Å². The number of Topliss-reactive ketones (excluding diaryl/α,β-unsaturated/α-hetero) is 2. The summed E-state index contributed by atoms with van der Waals surface area (Å²) in [6.07, 6.45) is 2.17. The number of ketones is 2. The molecule has 2 aromatic carbocycles. The van der Waals surface area contributed by atoms with Gasteiger partial charge in [0.1, 0.15) is 5.78 Å². The van der Waals surface area contributed by atoms with Crippen molar-refractivity contribution in [2.24, 2.45) is 5.92 Å². The number of fused-ring (bicyclic) bond motifs is 1. The van der Waals surface area contributed by atoms with Gasteiger partial charge in [-0.2, -0.15) is 0 Å². The van der Waals surface area contributed by atoms with Crippen LogP contribution in [0.5, 0.6) is 0 Å². The first-order chi connectivity index (χ1) is 11.1. The number of benzene rings is 2. The molecule has 118 valence electrons. The van der Waals surface area contributed by atoms with E-state index in [0.29, 0.717) is 6.42 Å². The van der Waals surface area contributed by atoms with Crippen molar-refractivity contribution >= 4 is 11.6 Å². The maximum absolute atomic E-state index is 13.0. The van der Waals surface area contributed by atoms with Gasteiger partial charge in [-0.05, 0) is 37.8 Å². The summed E-state index contributed by atoms with van der Waals surface area (Å²) in [6, 6.07) is 16.0. The van der Waals surface area contributed by atoms with Crippen LogP contribution in [0.2, 0.25) is 0 Å². The molecule has 1 aliphatic rings. The Morgan fingerprint density at radius 2 is 1.74 bits per heavy atom. The topological polar surface area (TPSA) is 34.1 Å². The first kappa shape index (κ1) is 15.7. The van der Waals surface area contributed by atoms with E-state index in [1.165, 1.54) is 11.1 Å². The van der Waals surface area contributed by atoms with Crippen LogP contribution >= 0.6 is 0 Å². The zero-order valence-electron chi connectivity index (χ0n) is 13.7. The minimum atomic E-state index is -0.100. The number of aryl methyl sites for hydroxylation is 2. The number of carbonyl (C=O) groups is 2. The molecule has 2 aromatic rings. The van der Waals surface area contributed by atoms with E-state index in [2.05, 4.69) is 12.1 Å². The van der Waals surface area contributed by atoms with Crippen LogP contribution in [0.15, 0.2) is 48.5 Å². The predicted octanol–water partition coefficient (Wildman–Crippen LogP) is 4.50. The van der Waals surface area contributed by atoms with Crippen LogP contribution in [0.3, 0.4) is 0 Å². The third kappa shape index (κ3) is 3.26. The third-order valence-electron chi connectivity index (χ3n) is 4.85. The van der Waals surface area contributed by atoms with Gasteiger partial charge in [0.15, 0.2) is 5.78 Å². The fourth-order valence-corrected chi connectivity index (χ4v) is 3.66. The number of rotatable bonds is 4. The summed E-state index contributed by atoms with van der Waals surface area (Å²) >= 11 is 0. The molecule has 0 unspecified atom stereocenters. The summed E-state index contributed by atoms with van der Waals surface area (Å²) < 4.78 is 0. The van der Waals surface area contributed by atoms with Crippen molar-refractivity contribution in [3.63, 3.8) is 0 Å². The van der Waals surface area contributed by atoms with Gasteiger partial charge in [0.2, 0.25) is 0 Å². The Balaban J connectivity index is 1.95. The average Bonchev–Trinajstić information content (AvgIpc) is 2.55. The van der Waals surface area contributed by atoms with Crippen molar-refractivity contribution in [3.05, 3.63) is 70.8 Å². The van der Waals surface area contributed by atoms with Crippen LogP contribution in [0.4, 0.5) is 0 Å². The zero-order valence-corrected chi connectivity index (χ0v) is 13.7. The van der Waals surface area contributed by atoms with Crippen LogP contribution in [0.1, 0.15) is 52.7 Å². The van der Waals surface area contributed by atoms with E-state index in [1.54, 1.807) is 6.92 Å². The molecule has 2 heteroatoms. The Labute approximate surface area is 137 Å². The van der Waals surface area contributed by atoms with Gasteiger partial charge in [-0.15, -0.1) is 0 Å². The second-order valence-electron chi connectivity index (χ2n) is 6.59. The molecule has 0 amide bonds. The molecule has 3 rings (SSSR count). The van der Waals surface area contributed by atoms with Crippen molar-refractivity contribution in [2.45, 2.75) is 39.0 Å². The van der Waals surface area contributed by atoms with Crippen LogP contribution in [-0.4, -0.2) is 11.6 Å². The normalized spacial score (nSPS) is 19.9. The van der Waals surface area contributed by atoms with Crippen molar-refractivity contribution < 1.29 is 9.59 Å². The lowest BCUT2D eigenvalue weighted by Gasteiger charge is -2.32. The molecule has 0 N–H and O–H groups in total. The quantitative estimate of drug-likeness (QED) is 0.779. The van der Waals surface area contributed by atoms with E-state index in [4.69, 9.17) is 0 Å². The second kappa shape index (κ2) is 6.49. The van der Waals surface area contributed by atoms with E-state index in [9.17, 15) is 9.59 Å². The Morgan fingerprint density at radius 3 is 2.43 bits per heavy atom. The maximum Gasteiger partial charge on any atom is 0.166 e. The highest BCUT2D eigenvalue weighted by Crippen LogP contribution is 2.40.